The van der Waals surface area contributed by atoms with E-state index in [1.807, 2.05) is 0 Å². The summed E-state index contributed by atoms with van der Waals surface area (Å²) in [5, 5.41) is 8.72. The van der Waals surface area contributed by atoms with Gasteiger partial charge < -0.3 is 5.11 Å². The SMILES string of the molecule is CC1CC(C)CN(S(=O)(=O)c2cccc(C#CCO)c2)C1. The second kappa shape index (κ2) is 6.61. The third-order valence-electron chi connectivity index (χ3n) is 3.62. The van der Waals surface area contributed by atoms with Crippen LogP contribution in [-0.2, 0) is 10.0 Å². The maximum absolute atomic E-state index is 12.7. The lowest BCUT2D eigenvalue weighted by atomic mass is 9.94. The van der Waals surface area contributed by atoms with E-state index < -0.39 is 10.0 Å². The first-order valence-corrected chi connectivity index (χ1v) is 8.57. The highest BCUT2D eigenvalue weighted by Gasteiger charge is 2.31. The van der Waals surface area contributed by atoms with E-state index in [2.05, 4.69) is 25.7 Å². The summed E-state index contributed by atoms with van der Waals surface area (Å²) in [6.07, 6.45) is 1.06. The Bertz CT molecular complexity index is 648. The van der Waals surface area contributed by atoms with E-state index in [1.54, 1.807) is 28.6 Å². The van der Waals surface area contributed by atoms with Gasteiger partial charge in [-0.2, -0.15) is 4.31 Å². The molecule has 0 bridgehead atoms. The van der Waals surface area contributed by atoms with E-state index in [0.29, 0.717) is 30.5 Å². The molecule has 114 valence electrons. The molecule has 0 aromatic heterocycles. The van der Waals surface area contributed by atoms with E-state index in [4.69, 9.17) is 5.11 Å². The summed E-state index contributed by atoms with van der Waals surface area (Å²) in [5.41, 5.74) is 0.600. The van der Waals surface area contributed by atoms with Crippen LogP contribution < -0.4 is 0 Å². The van der Waals surface area contributed by atoms with Gasteiger partial charge in [-0.05, 0) is 36.5 Å². The van der Waals surface area contributed by atoms with E-state index in [1.165, 1.54) is 0 Å². The topological polar surface area (TPSA) is 57.6 Å². The number of aliphatic hydroxyl groups excluding tert-OH is 1. The maximum Gasteiger partial charge on any atom is 0.243 e. The average Bonchev–Trinajstić information content (AvgIpc) is 2.44. The Morgan fingerprint density at radius 2 is 1.95 bits per heavy atom. The van der Waals surface area contributed by atoms with Crippen LogP contribution in [0.15, 0.2) is 29.2 Å². The van der Waals surface area contributed by atoms with Gasteiger partial charge in [0.25, 0.3) is 0 Å². The lowest BCUT2D eigenvalue weighted by Gasteiger charge is -2.34. The second-order valence-corrected chi connectivity index (χ2v) is 7.69. The third kappa shape index (κ3) is 3.85. The number of hydrogen-bond acceptors (Lipinski definition) is 3. The molecule has 2 unspecified atom stereocenters. The van der Waals surface area contributed by atoms with Crippen LogP contribution in [0.1, 0.15) is 25.8 Å². The van der Waals surface area contributed by atoms with Gasteiger partial charge >= 0.3 is 0 Å². The minimum absolute atomic E-state index is 0.238. The Morgan fingerprint density at radius 3 is 2.57 bits per heavy atom. The van der Waals surface area contributed by atoms with Crippen molar-refractivity contribution in [3.8, 4) is 11.8 Å². The summed E-state index contributed by atoms with van der Waals surface area (Å²) >= 11 is 0. The summed E-state index contributed by atoms with van der Waals surface area (Å²) in [6.45, 7) is 5.07. The number of benzene rings is 1. The molecule has 1 N–H and O–H groups in total. The van der Waals surface area contributed by atoms with Crippen molar-refractivity contribution in [1.29, 1.82) is 0 Å². The van der Waals surface area contributed by atoms with Gasteiger partial charge in [0.05, 0.1) is 4.90 Å². The molecule has 5 heteroatoms. The molecule has 0 amide bonds. The molecule has 21 heavy (non-hydrogen) atoms. The summed E-state index contributed by atoms with van der Waals surface area (Å²) in [5.74, 6) is 6.03. The highest BCUT2D eigenvalue weighted by molar-refractivity contribution is 7.89. The average molecular weight is 307 g/mol. The van der Waals surface area contributed by atoms with Crippen LogP contribution in [0, 0.1) is 23.7 Å². The fourth-order valence-corrected chi connectivity index (χ4v) is 4.55. The van der Waals surface area contributed by atoms with Gasteiger partial charge in [-0.3, -0.25) is 0 Å². The predicted molar refractivity (Wildman–Crippen MR) is 82.1 cm³/mol. The van der Waals surface area contributed by atoms with Crippen molar-refractivity contribution in [2.75, 3.05) is 19.7 Å². The van der Waals surface area contributed by atoms with Gasteiger partial charge in [-0.1, -0.05) is 31.8 Å². The molecule has 1 saturated heterocycles. The van der Waals surface area contributed by atoms with Crippen LogP contribution in [0.3, 0.4) is 0 Å². The maximum atomic E-state index is 12.7. The van der Waals surface area contributed by atoms with Crippen molar-refractivity contribution >= 4 is 10.0 Å². The number of sulfonamides is 1. The quantitative estimate of drug-likeness (QED) is 0.846. The Hall–Kier alpha value is -1.35. The Labute approximate surface area is 126 Å². The Balaban J connectivity index is 2.31. The number of nitrogens with zero attached hydrogens (tertiary/aromatic N) is 1. The smallest absolute Gasteiger partial charge is 0.243 e. The number of rotatable bonds is 2. The van der Waals surface area contributed by atoms with Crippen molar-refractivity contribution in [2.45, 2.75) is 25.2 Å². The molecule has 0 aliphatic carbocycles. The van der Waals surface area contributed by atoms with Crippen molar-refractivity contribution in [3.63, 3.8) is 0 Å². The zero-order valence-electron chi connectivity index (χ0n) is 12.4. The first-order valence-electron chi connectivity index (χ1n) is 7.13. The van der Waals surface area contributed by atoms with Crippen LogP contribution in [0.5, 0.6) is 0 Å². The molecule has 0 radical (unpaired) electrons. The molecule has 2 rings (SSSR count). The largest absolute Gasteiger partial charge is 0.384 e. The molecule has 2 atom stereocenters. The number of aliphatic hydroxyl groups is 1. The number of hydrogen-bond donors (Lipinski definition) is 1. The minimum atomic E-state index is -3.47. The predicted octanol–water partition coefficient (Wildman–Crippen LogP) is 1.70. The first kappa shape index (κ1) is 16.0. The Kier molecular flexibility index (Phi) is 5.04. The zero-order valence-corrected chi connectivity index (χ0v) is 13.2. The molecule has 1 aromatic rings. The summed E-state index contributed by atoms with van der Waals surface area (Å²) in [7, 11) is -3.47. The van der Waals surface area contributed by atoms with Crippen molar-refractivity contribution in [3.05, 3.63) is 29.8 Å². The first-order chi connectivity index (χ1) is 9.93. The molecule has 0 saturated carbocycles. The van der Waals surface area contributed by atoms with Gasteiger partial charge in [0, 0.05) is 18.7 Å². The van der Waals surface area contributed by atoms with Crippen molar-refractivity contribution in [1.82, 2.24) is 4.31 Å². The van der Waals surface area contributed by atoms with Crippen LogP contribution in [0.25, 0.3) is 0 Å². The second-order valence-electron chi connectivity index (χ2n) is 5.76. The molecule has 1 fully saturated rings. The van der Waals surface area contributed by atoms with E-state index in [9.17, 15) is 8.42 Å². The highest BCUT2D eigenvalue weighted by Crippen LogP contribution is 2.26. The molecule has 1 heterocycles. The van der Waals surface area contributed by atoms with E-state index in [0.717, 1.165) is 6.42 Å². The number of piperidine rings is 1. The summed E-state index contributed by atoms with van der Waals surface area (Å²) in [4.78, 5) is 0.272. The van der Waals surface area contributed by atoms with Crippen LogP contribution in [0.4, 0.5) is 0 Å². The van der Waals surface area contributed by atoms with Gasteiger partial charge in [0.1, 0.15) is 6.61 Å². The molecule has 1 aliphatic rings. The fourth-order valence-electron chi connectivity index (χ4n) is 2.83. The van der Waals surface area contributed by atoms with Gasteiger partial charge in [0.2, 0.25) is 10.0 Å². The summed E-state index contributed by atoms with van der Waals surface area (Å²) in [6, 6.07) is 6.60. The normalized spacial score (nSPS) is 23.4. The standard InChI is InChI=1S/C16H21NO3S/c1-13-9-14(2)12-17(11-13)21(19,20)16-7-3-5-15(10-16)6-4-8-18/h3,5,7,10,13-14,18H,8-9,11-12H2,1-2H3. The third-order valence-corrected chi connectivity index (χ3v) is 5.45. The van der Waals surface area contributed by atoms with Crippen LogP contribution >= 0.6 is 0 Å². The zero-order chi connectivity index (χ0) is 15.5. The molecular formula is C16H21NO3S. The van der Waals surface area contributed by atoms with Gasteiger partial charge in [-0.15, -0.1) is 0 Å². The fraction of sp³-hybridized carbons (Fsp3) is 0.500. The highest BCUT2D eigenvalue weighted by atomic mass is 32.2. The van der Waals surface area contributed by atoms with E-state index >= 15 is 0 Å². The van der Waals surface area contributed by atoms with Gasteiger partial charge in [0.15, 0.2) is 0 Å². The van der Waals surface area contributed by atoms with Crippen molar-refractivity contribution in [2.24, 2.45) is 11.8 Å². The summed E-state index contributed by atoms with van der Waals surface area (Å²) < 4.78 is 27.0. The van der Waals surface area contributed by atoms with Gasteiger partial charge in [-0.25, -0.2) is 8.42 Å². The molecular weight excluding hydrogens is 286 g/mol. The monoisotopic (exact) mass is 307 g/mol. The molecule has 4 nitrogen and oxygen atoms in total. The van der Waals surface area contributed by atoms with Crippen LogP contribution in [0.2, 0.25) is 0 Å². The lowest BCUT2D eigenvalue weighted by molar-refractivity contribution is 0.222. The molecule has 0 spiro atoms. The lowest BCUT2D eigenvalue weighted by Crippen LogP contribution is -2.42. The Morgan fingerprint density at radius 1 is 1.29 bits per heavy atom. The molecule has 1 aliphatic heterocycles. The minimum Gasteiger partial charge on any atom is -0.384 e. The van der Waals surface area contributed by atoms with Crippen LogP contribution in [-0.4, -0.2) is 37.5 Å². The van der Waals surface area contributed by atoms with E-state index in [-0.39, 0.29) is 11.5 Å². The molecule has 1 aromatic carbocycles. The van der Waals surface area contributed by atoms with Crippen molar-refractivity contribution < 1.29 is 13.5 Å².